The lowest BCUT2D eigenvalue weighted by molar-refractivity contribution is -0.139. The van der Waals surface area contributed by atoms with Crippen LogP contribution in [-0.4, -0.2) is 36.3 Å². The fourth-order valence-electron chi connectivity index (χ4n) is 5.29. The van der Waals surface area contributed by atoms with Crippen LogP contribution in [0.4, 0.5) is 22.0 Å². The van der Waals surface area contributed by atoms with Gasteiger partial charge in [0.2, 0.25) is 5.82 Å². The minimum Gasteiger partial charge on any atom is -0.462 e. The van der Waals surface area contributed by atoms with Crippen molar-refractivity contribution in [2.75, 3.05) is 19.7 Å². The van der Waals surface area contributed by atoms with Crippen LogP contribution in [0.1, 0.15) is 29.5 Å². The second-order valence-corrected chi connectivity index (χ2v) is 9.90. The Kier molecular flexibility index (Phi) is 9.48. The number of allylic oxidation sites excluding steroid dienone is 1. The van der Waals surface area contributed by atoms with Gasteiger partial charge in [-0.2, -0.15) is 0 Å². The molecule has 0 fully saturated rings. The molecule has 5 nitrogen and oxygen atoms in total. The lowest BCUT2D eigenvalue weighted by Gasteiger charge is -2.38. The van der Waals surface area contributed by atoms with E-state index in [4.69, 9.17) is 4.74 Å². The van der Waals surface area contributed by atoms with Gasteiger partial charge in [-0.3, -0.25) is 9.69 Å². The highest BCUT2D eigenvalue weighted by Crippen LogP contribution is 2.44. The number of Topliss-reactive ketones (excluding diaryl/α,β-unsaturated/α-hetero) is 1. The summed E-state index contributed by atoms with van der Waals surface area (Å²) in [6.45, 7) is 1.59. The van der Waals surface area contributed by atoms with Crippen molar-refractivity contribution in [1.29, 1.82) is 0 Å². The molecule has 11 heteroatoms. The van der Waals surface area contributed by atoms with E-state index in [1.165, 1.54) is 6.92 Å². The maximum absolute atomic E-state index is 15.2. The summed E-state index contributed by atoms with van der Waals surface area (Å²) >= 11 is 0. The number of halogens is 6. The van der Waals surface area contributed by atoms with E-state index >= 15 is 8.78 Å². The summed E-state index contributed by atoms with van der Waals surface area (Å²) in [7, 11) is 0. The van der Waals surface area contributed by atoms with Gasteiger partial charge in [0.15, 0.2) is 29.1 Å². The van der Waals surface area contributed by atoms with Gasteiger partial charge in [-0.1, -0.05) is 60.7 Å². The summed E-state index contributed by atoms with van der Waals surface area (Å²) in [5.41, 5.74) is 0.153. The van der Waals surface area contributed by atoms with E-state index in [9.17, 15) is 22.8 Å². The molecule has 0 aromatic heterocycles. The number of rotatable bonds is 7. The predicted molar refractivity (Wildman–Crippen MR) is 147 cm³/mol. The number of ketones is 1. The van der Waals surface area contributed by atoms with Crippen LogP contribution >= 0.6 is 12.4 Å². The summed E-state index contributed by atoms with van der Waals surface area (Å²) < 4.78 is 78.6. The third-order valence-corrected chi connectivity index (χ3v) is 7.16. The van der Waals surface area contributed by atoms with Crippen molar-refractivity contribution < 1.29 is 36.3 Å². The van der Waals surface area contributed by atoms with Crippen molar-refractivity contribution in [3.63, 3.8) is 0 Å². The van der Waals surface area contributed by atoms with Gasteiger partial charge >= 0.3 is 5.97 Å². The molecule has 0 radical (unpaired) electrons. The maximum Gasteiger partial charge on any atom is 0.336 e. The fourth-order valence-corrected chi connectivity index (χ4v) is 5.29. The Balaban J connectivity index is 0.00000405. The smallest absolute Gasteiger partial charge is 0.336 e. The van der Waals surface area contributed by atoms with E-state index in [2.05, 4.69) is 5.32 Å². The number of ether oxygens (including phenoxy) is 1. The van der Waals surface area contributed by atoms with E-state index < -0.39 is 57.9 Å². The molecular weight excluding hydrogens is 579 g/mol. The van der Waals surface area contributed by atoms with Gasteiger partial charge in [-0.25, -0.2) is 26.7 Å². The van der Waals surface area contributed by atoms with E-state index in [-0.39, 0.29) is 49.1 Å². The zero-order chi connectivity index (χ0) is 29.3. The predicted octanol–water partition coefficient (Wildman–Crippen LogP) is 5.89. The Bertz CT molecular complexity index is 1550. The summed E-state index contributed by atoms with van der Waals surface area (Å²) in [6, 6.07) is 18.3. The summed E-state index contributed by atoms with van der Waals surface area (Å²) in [5.74, 6) is -14.4. The van der Waals surface area contributed by atoms with E-state index in [0.29, 0.717) is 13.0 Å². The zero-order valence-electron chi connectivity index (χ0n) is 22.4. The highest BCUT2D eigenvalue weighted by atomic mass is 35.5. The number of nitrogens with zero attached hydrogens (tertiary/aromatic N) is 1. The number of hydrogen-bond acceptors (Lipinski definition) is 5. The van der Waals surface area contributed by atoms with Crippen molar-refractivity contribution in [2.24, 2.45) is 0 Å². The summed E-state index contributed by atoms with van der Waals surface area (Å²) in [6.07, 6.45) is 0.320. The third-order valence-electron chi connectivity index (χ3n) is 7.16. The number of dihydropyridines is 1. The van der Waals surface area contributed by atoms with Gasteiger partial charge in [0.1, 0.15) is 0 Å². The van der Waals surface area contributed by atoms with Gasteiger partial charge in [-0.05, 0) is 18.1 Å². The molecule has 2 aliphatic rings. The highest BCUT2D eigenvalue weighted by molar-refractivity contribution is 6.04. The molecule has 0 aliphatic carbocycles. The molecule has 2 aliphatic heterocycles. The molecule has 42 heavy (non-hydrogen) atoms. The first-order valence-electron chi connectivity index (χ1n) is 12.9. The van der Waals surface area contributed by atoms with Gasteiger partial charge < -0.3 is 10.1 Å². The average molecular weight is 605 g/mol. The van der Waals surface area contributed by atoms with Crippen LogP contribution in [0.3, 0.4) is 0 Å². The van der Waals surface area contributed by atoms with Crippen LogP contribution in [-0.2, 0) is 27.3 Å². The molecule has 1 unspecified atom stereocenters. The monoisotopic (exact) mass is 604 g/mol. The van der Waals surface area contributed by atoms with Crippen molar-refractivity contribution in [2.45, 2.75) is 25.8 Å². The van der Waals surface area contributed by atoms with Crippen LogP contribution in [0.5, 0.6) is 0 Å². The van der Waals surface area contributed by atoms with Crippen molar-refractivity contribution in [1.82, 2.24) is 10.2 Å². The van der Waals surface area contributed by atoms with Crippen LogP contribution in [0, 0.1) is 29.1 Å². The lowest BCUT2D eigenvalue weighted by atomic mass is 9.76. The minimum atomic E-state index is -2.33. The Morgan fingerprint density at radius 2 is 1.40 bits per heavy atom. The Morgan fingerprint density at radius 3 is 2.00 bits per heavy atom. The van der Waals surface area contributed by atoms with Crippen LogP contribution < -0.4 is 5.32 Å². The number of nitrogens with one attached hydrogen (secondary N) is 1. The molecule has 0 bridgehead atoms. The molecule has 3 aromatic rings. The second kappa shape index (κ2) is 12.9. The maximum atomic E-state index is 15.2. The van der Waals surface area contributed by atoms with Crippen molar-refractivity contribution in [3.8, 4) is 0 Å². The molecule has 3 aromatic carbocycles. The van der Waals surface area contributed by atoms with Crippen molar-refractivity contribution >= 4 is 24.2 Å². The first-order chi connectivity index (χ1) is 19.7. The molecule has 0 saturated carbocycles. The SMILES string of the molecule is CC1=C(C(=O)OCCc2ccccc2)C(c2c(F)c(F)c(F)c(F)c2F)C2=C(CN(Cc3ccccc3)CC2=O)N1.Cl. The molecule has 0 saturated heterocycles. The standard InChI is InChI=1S/C31H25F5N2O3.ClH/c1-17-22(31(40)41-13-12-18-8-4-2-5-9-18)24(25-26(32)28(34)30(36)29(35)27(25)33)23-20(37-17)15-38(16-21(23)39)14-19-10-6-3-7-11-19;/h2-11,24,37H,12-16H2,1H3;1H. The molecule has 5 rings (SSSR count). The average Bonchev–Trinajstić information content (AvgIpc) is 2.96. The molecule has 1 atom stereocenters. The minimum absolute atomic E-state index is 0. The largest absolute Gasteiger partial charge is 0.462 e. The van der Waals surface area contributed by atoms with Gasteiger partial charge in [0.05, 0.1) is 24.6 Å². The van der Waals surface area contributed by atoms with E-state index in [1.54, 1.807) is 17.0 Å². The third kappa shape index (κ3) is 5.96. The fraction of sp³-hybridized carbons (Fsp3) is 0.226. The molecule has 0 amide bonds. The lowest BCUT2D eigenvalue weighted by Crippen LogP contribution is -2.45. The number of hydrogen-bond donors (Lipinski definition) is 1. The Morgan fingerprint density at radius 1 is 0.857 bits per heavy atom. The molecule has 1 N–H and O–H groups in total. The quantitative estimate of drug-likeness (QED) is 0.158. The first-order valence-corrected chi connectivity index (χ1v) is 12.9. The second-order valence-electron chi connectivity index (χ2n) is 9.90. The van der Waals surface area contributed by atoms with Crippen LogP contribution in [0.25, 0.3) is 0 Å². The molecule has 0 spiro atoms. The highest BCUT2D eigenvalue weighted by Gasteiger charge is 2.44. The summed E-state index contributed by atoms with van der Waals surface area (Å²) in [4.78, 5) is 28.7. The topological polar surface area (TPSA) is 58.6 Å². The Labute approximate surface area is 245 Å². The number of carbonyl (C=O) groups is 2. The zero-order valence-corrected chi connectivity index (χ0v) is 23.2. The van der Waals surface area contributed by atoms with Gasteiger partial charge in [-0.15, -0.1) is 12.4 Å². The Hall–Kier alpha value is -4.02. The van der Waals surface area contributed by atoms with Gasteiger partial charge in [0.25, 0.3) is 0 Å². The molecule has 2 heterocycles. The van der Waals surface area contributed by atoms with Gasteiger partial charge in [0, 0.05) is 42.0 Å². The first kappa shape index (κ1) is 30.9. The normalized spacial score (nSPS) is 17.0. The summed E-state index contributed by atoms with van der Waals surface area (Å²) in [5, 5.41) is 2.97. The number of carbonyl (C=O) groups excluding carboxylic acids is 2. The number of esters is 1. The van der Waals surface area contributed by atoms with Crippen LogP contribution in [0.15, 0.2) is 83.2 Å². The van der Waals surface area contributed by atoms with Crippen LogP contribution in [0.2, 0.25) is 0 Å². The van der Waals surface area contributed by atoms with Crippen molar-refractivity contribution in [3.05, 3.63) is 129 Å². The van der Waals surface area contributed by atoms with E-state index in [1.807, 2.05) is 48.5 Å². The molecular formula is C31H26ClF5N2O3. The number of benzene rings is 3. The molecule has 220 valence electrons. The van der Waals surface area contributed by atoms with E-state index in [0.717, 1.165) is 11.1 Å².